The van der Waals surface area contributed by atoms with Crippen LogP contribution in [0.3, 0.4) is 0 Å². The van der Waals surface area contributed by atoms with Gasteiger partial charge in [-0.25, -0.2) is 12.1 Å². The molecule has 0 saturated carbocycles. The molecule has 15 heavy (non-hydrogen) atoms. The average molecular weight is 246 g/mol. The molecule has 5 heteroatoms. The summed E-state index contributed by atoms with van der Waals surface area (Å²) >= 11 is 0. The van der Waals surface area contributed by atoms with Crippen molar-refractivity contribution in [1.82, 2.24) is 0 Å². The third-order valence-electron chi connectivity index (χ3n) is 1.43. The van der Waals surface area contributed by atoms with Gasteiger partial charge < -0.3 is 45.0 Å². The van der Waals surface area contributed by atoms with E-state index in [1.54, 1.807) is 24.3 Å². The quantitative estimate of drug-likeness (QED) is 0.617. The molecule has 0 spiro atoms. The summed E-state index contributed by atoms with van der Waals surface area (Å²) in [5.74, 6) is 0.463. The Kier molecular flexibility index (Phi) is 7.77. The standard InChI is InChI=1S/C5H6BO3.C5H5.Fe/c7-6(8)9-5-3-1-2-4-5;1-2-4-5-3-1;/h1-4,7-8H;1-5H;/q-1;-5;. The van der Waals surface area contributed by atoms with E-state index in [9.17, 15) is 0 Å². The molecule has 2 aromatic rings. The monoisotopic (exact) mass is 246 g/mol. The summed E-state index contributed by atoms with van der Waals surface area (Å²) < 4.78 is 4.47. The zero-order valence-corrected chi connectivity index (χ0v) is 9.03. The van der Waals surface area contributed by atoms with Gasteiger partial charge in [-0.3, -0.25) is 0 Å². The zero-order valence-electron chi connectivity index (χ0n) is 7.93. The summed E-state index contributed by atoms with van der Waals surface area (Å²) in [4.78, 5) is 0. The summed E-state index contributed by atoms with van der Waals surface area (Å²) in [6.45, 7) is 0. The normalized spacial score (nSPS) is 8.13. The van der Waals surface area contributed by atoms with Crippen molar-refractivity contribution in [3.8, 4) is 5.75 Å². The minimum Gasteiger partial charge on any atom is -0.748 e. The van der Waals surface area contributed by atoms with Gasteiger partial charge in [0.25, 0.3) is 0 Å². The van der Waals surface area contributed by atoms with Gasteiger partial charge in [-0.05, 0) is 5.75 Å². The minimum absolute atomic E-state index is 0. The molecule has 0 heterocycles. The topological polar surface area (TPSA) is 49.7 Å². The Morgan fingerprint density at radius 1 is 0.933 bits per heavy atom. The fourth-order valence-electron chi connectivity index (χ4n) is 0.877. The molecule has 0 aromatic heterocycles. The minimum atomic E-state index is -1.72. The predicted octanol–water partition coefficient (Wildman–Crippen LogP) is 1.16. The first kappa shape index (κ1) is 14.0. The molecule has 0 bridgehead atoms. The van der Waals surface area contributed by atoms with Gasteiger partial charge in [0.1, 0.15) is 0 Å². The van der Waals surface area contributed by atoms with Crippen LogP contribution in [0.15, 0.2) is 54.6 Å². The largest absolute Gasteiger partial charge is 0.748 e. The second kappa shape index (κ2) is 8.32. The average Bonchev–Trinajstić information content (AvgIpc) is 2.75. The van der Waals surface area contributed by atoms with Gasteiger partial charge >= 0.3 is 7.32 Å². The Morgan fingerprint density at radius 2 is 1.33 bits per heavy atom. The van der Waals surface area contributed by atoms with E-state index in [4.69, 9.17) is 10.0 Å². The third-order valence-corrected chi connectivity index (χ3v) is 1.43. The first-order valence-corrected chi connectivity index (χ1v) is 4.20. The summed E-state index contributed by atoms with van der Waals surface area (Å²) in [6, 6.07) is 16.8. The molecule has 2 rings (SSSR count). The molecule has 2 aromatic carbocycles. The van der Waals surface area contributed by atoms with Gasteiger partial charge in [0, 0.05) is 17.1 Å². The van der Waals surface area contributed by atoms with Crippen molar-refractivity contribution in [3.05, 3.63) is 54.6 Å². The number of rotatable bonds is 2. The molecule has 0 atom stereocenters. The van der Waals surface area contributed by atoms with Crippen molar-refractivity contribution in [1.29, 1.82) is 0 Å². The maximum absolute atomic E-state index is 8.26. The van der Waals surface area contributed by atoms with E-state index in [0.717, 1.165) is 0 Å². The Balaban J connectivity index is 0.000000280. The molecule has 86 valence electrons. The number of hydrogen-bond acceptors (Lipinski definition) is 3. The molecule has 0 aliphatic heterocycles. The maximum Gasteiger partial charge on any atom is 0.694 e. The van der Waals surface area contributed by atoms with Crippen LogP contribution < -0.4 is 4.65 Å². The van der Waals surface area contributed by atoms with Crippen LogP contribution >= 0.6 is 0 Å². The van der Waals surface area contributed by atoms with Crippen molar-refractivity contribution in [2.45, 2.75) is 0 Å². The molecule has 3 nitrogen and oxygen atoms in total. The third kappa shape index (κ3) is 6.99. The van der Waals surface area contributed by atoms with Crippen LogP contribution in [0.4, 0.5) is 0 Å². The van der Waals surface area contributed by atoms with Crippen molar-refractivity contribution in [3.63, 3.8) is 0 Å². The fourth-order valence-corrected chi connectivity index (χ4v) is 0.877. The van der Waals surface area contributed by atoms with E-state index in [1.165, 1.54) is 0 Å². The molecule has 0 saturated heterocycles. The summed E-state index contributed by atoms with van der Waals surface area (Å²) in [6.07, 6.45) is 0. The van der Waals surface area contributed by atoms with Crippen LogP contribution in [-0.4, -0.2) is 17.4 Å². The van der Waals surface area contributed by atoms with Crippen LogP contribution in [0.1, 0.15) is 0 Å². The van der Waals surface area contributed by atoms with Gasteiger partial charge in [-0.15, -0.1) is 12.1 Å². The Morgan fingerprint density at radius 3 is 1.67 bits per heavy atom. The summed E-state index contributed by atoms with van der Waals surface area (Å²) in [7, 11) is -1.72. The van der Waals surface area contributed by atoms with Gasteiger partial charge in [-0.2, -0.15) is 0 Å². The Hall–Kier alpha value is -0.996. The van der Waals surface area contributed by atoms with Crippen molar-refractivity contribution in [2.24, 2.45) is 0 Å². The fraction of sp³-hybridized carbons (Fsp3) is 0. The SMILES string of the molecule is OB(O)O[c-]1cccc1.[Fe].[cH-]1[cH-][cH-][cH-][cH-]1. The molecule has 0 fully saturated rings. The van der Waals surface area contributed by atoms with Crippen molar-refractivity contribution < 1.29 is 31.8 Å². The molecular formula is C10H11BFeO3-6. The van der Waals surface area contributed by atoms with E-state index >= 15 is 0 Å². The molecule has 0 radical (unpaired) electrons. The Bertz CT molecular complexity index is 288. The second-order valence-corrected chi connectivity index (χ2v) is 2.53. The van der Waals surface area contributed by atoms with E-state index in [2.05, 4.69) is 4.65 Å². The van der Waals surface area contributed by atoms with E-state index in [0.29, 0.717) is 5.75 Å². The van der Waals surface area contributed by atoms with Crippen LogP contribution in [-0.2, 0) is 17.1 Å². The second-order valence-electron chi connectivity index (χ2n) is 2.53. The zero-order chi connectivity index (χ0) is 10.2. The first-order chi connectivity index (χ1) is 6.79. The van der Waals surface area contributed by atoms with Crippen LogP contribution in [0.25, 0.3) is 0 Å². The van der Waals surface area contributed by atoms with Crippen LogP contribution in [0.5, 0.6) is 5.75 Å². The predicted molar refractivity (Wildman–Crippen MR) is 54.9 cm³/mol. The molecule has 0 aliphatic carbocycles. The number of hydrogen-bond donors (Lipinski definition) is 2. The molecular weight excluding hydrogens is 235 g/mol. The van der Waals surface area contributed by atoms with E-state index < -0.39 is 7.32 Å². The van der Waals surface area contributed by atoms with E-state index in [1.807, 2.05) is 30.3 Å². The summed E-state index contributed by atoms with van der Waals surface area (Å²) in [5.41, 5.74) is 0. The molecule has 0 unspecified atom stereocenters. The first-order valence-electron chi connectivity index (χ1n) is 4.20. The smallest absolute Gasteiger partial charge is 0.694 e. The van der Waals surface area contributed by atoms with Crippen LogP contribution in [0, 0.1) is 0 Å². The maximum atomic E-state index is 8.26. The van der Waals surface area contributed by atoms with Gasteiger partial charge in [0.15, 0.2) is 0 Å². The van der Waals surface area contributed by atoms with E-state index in [-0.39, 0.29) is 17.1 Å². The molecule has 0 aliphatic rings. The molecule has 0 amide bonds. The van der Waals surface area contributed by atoms with Crippen molar-refractivity contribution >= 4 is 7.32 Å². The van der Waals surface area contributed by atoms with Gasteiger partial charge in [0.2, 0.25) is 0 Å². The van der Waals surface area contributed by atoms with Crippen LogP contribution in [0.2, 0.25) is 0 Å². The van der Waals surface area contributed by atoms with Gasteiger partial charge in [0.05, 0.1) is 0 Å². The van der Waals surface area contributed by atoms with Gasteiger partial charge in [-0.1, -0.05) is 0 Å². The summed E-state index contributed by atoms with van der Waals surface area (Å²) in [5, 5.41) is 16.5. The molecule has 2 N–H and O–H groups in total. The van der Waals surface area contributed by atoms with Crippen molar-refractivity contribution in [2.75, 3.05) is 0 Å². The Labute approximate surface area is 99.7 Å².